The van der Waals surface area contributed by atoms with Gasteiger partial charge in [-0.25, -0.2) is 0 Å². The third kappa shape index (κ3) is 3.72. The van der Waals surface area contributed by atoms with Gasteiger partial charge in [0.2, 0.25) is 5.91 Å². The predicted molar refractivity (Wildman–Crippen MR) is 76.7 cm³/mol. The molecule has 1 aromatic heterocycles. The fraction of sp³-hybridized carbons (Fsp3) is 0.0714. The first-order chi connectivity index (χ1) is 8.75. The van der Waals surface area contributed by atoms with E-state index in [0.29, 0.717) is 11.6 Å². The lowest BCUT2D eigenvalue weighted by Gasteiger charge is -2.04. The number of amides is 1. The molecule has 4 heteroatoms. The van der Waals surface area contributed by atoms with Crippen molar-refractivity contribution in [2.45, 2.75) is 6.54 Å². The molecule has 2 nitrogen and oxygen atoms in total. The Bertz CT molecular complexity index is 549. The Hall–Kier alpha value is -1.58. The topological polar surface area (TPSA) is 29.1 Å². The molecule has 0 unspecified atom stereocenters. The molecule has 1 amide bonds. The Balaban J connectivity index is 1.87. The molecule has 0 saturated carbocycles. The van der Waals surface area contributed by atoms with Gasteiger partial charge in [0, 0.05) is 17.6 Å². The van der Waals surface area contributed by atoms with E-state index in [0.717, 1.165) is 11.1 Å². The Labute approximate surface area is 115 Å². The lowest BCUT2D eigenvalue weighted by atomic mass is 10.2. The molecular weight excluding hydrogens is 266 g/mol. The van der Waals surface area contributed by atoms with E-state index in [1.165, 1.54) is 6.08 Å². The summed E-state index contributed by atoms with van der Waals surface area (Å²) < 4.78 is 0. The van der Waals surface area contributed by atoms with Gasteiger partial charge in [-0.15, -0.1) is 0 Å². The van der Waals surface area contributed by atoms with Crippen LogP contribution in [0.3, 0.4) is 0 Å². The van der Waals surface area contributed by atoms with E-state index in [4.69, 9.17) is 11.6 Å². The van der Waals surface area contributed by atoms with Crippen molar-refractivity contribution in [3.8, 4) is 0 Å². The zero-order chi connectivity index (χ0) is 12.8. The molecule has 0 spiro atoms. The molecule has 1 aromatic carbocycles. The fourth-order valence-corrected chi connectivity index (χ4v) is 2.26. The first kappa shape index (κ1) is 12.9. The van der Waals surface area contributed by atoms with Crippen LogP contribution in [0.5, 0.6) is 0 Å². The van der Waals surface area contributed by atoms with Gasteiger partial charge in [0.1, 0.15) is 0 Å². The Morgan fingerprint density at radius 3 is 2.89 bits per heavy atom. The van der Waals surface area contributed by atoms with Crippen LogP contribution in [0.2, 0.25) is 5.02 Å². The summed E-state index contributed by atoms with van der Waals surface area (Å²) in [6, 6.07) is 9.43. The molecule has 0 bridgehead atoms. The number of benzene rings is 1. The maximum atomic E-state index is 11.6. The first-order valence-corrected chi connectivity index (χ1v) is 6.79. The van der Waals surface area contributed by atoms with Gasteiger partial charge in [0.25, 0.3) is 0 Å². The smallest absolute Gasteiger partial charge is 0.244 e. The lowest BCUT2D eigenvalue weighted by molar-refractivity contribution is -0.116. The second-order valence-electron chi connectivity index (χ2n) is 3.70. The van der Waals surface area contributed by atoms with Gasteiger partial charge in [0.15, 0.2) is 0 Å². The minimum Gasteiger partial charge on any atom is -0.348 e. The number of carbonyl (C=O) groups is 1. The summed E-state index contributed by atoms with van der Waals surface area (Å²) >= 11 is 7.60. The van der Waals surface area contributed by atoms with Crippen LogP contribution in [0, 0.1) is 0 Å². The molecule has 0 atom stereocenters. The predicted octanol–water partition coefficient (Wildman–Crippen LogP) is 3.73. The van der Waals surface area contributed by atoms with E-state index in [2.05, 4.69) is 5.32 Å². The van der Waals surface area contributed by atoms with E-state index in [9.17, 15) is 4.79 Å². The van der Waals surface area contributed by atoms with E-state index < -0.39 is 0 Å². The van der Waals surface area contributed by atoms with Gasteiger partial charge >= 0.3 is 0 Å². The molecule has 18 heavy (non-hydrogen) atoms. The van der Waals surface area contributed by atoms with Gasteiger partial charge in [-0.3, -0.25) is 4.79 Å². The minimum absolute atomic E-state index is 0.124. The Morgan fingerprint density at radius 2 is 2.17 bits per heavy atom. The summed E-state index contributed by atoms with van der Waals surface area (Å²) in [6.07, 6.45) is 3.32. The van der Waals surface area contributed by atoms with E-state index in [1.807, 2.05) is 41.1 Å². The number of hydrogen-bond donors (Lipinski definition) is 1. The number of halogens is 1. The molecule has 0 aliphatic rings. The van der Waals surface area contributed by atoms with Crippen molar-refractivity contribution in [2.24, 2.45) is 0 Å². The number of rotatable bonds is 4. The van der Waals surface area contributed by atoms with Gasteiger partial charge in [-0.1, -0.05) is 29.8 Å². The zero-order valence-electron chi connectivity index (χ0n) is 9.60. The third-order valence-electron chi connectivity index (χ3n) is 2.38. The summed E-state index contributed by atoms with van der Waals surface area (Å²) in [7, 11) is 0. The number of thiophene rings is 1. The highest BCUT2D eigenvalue weighted by molar-refractivity contribution is 7.08. The van der Waals surface area contributed by atoms with Crippen molar-refractivity contribution >= 4 is 34.9 Å². The van der Waals surface area contributed by atoms with Crippen LogP contribution in [0.4, 0.5) is 0 Å². The zero-order valence-corrected chi connectivity index (χ0v) is 11.2. The van der Waals surface area contributed by atoms with Crippen molar-refractivity contribution in [3.05, 3.63) is 63.3 Å². The summed E-state index contributed by atoms with van der Waals surface area (Å²) in [5, 5.41) is 7.42. The molecule has 1 heterocycles. The summed E-state index contributed by atoms with van der Waals surface area (Å²) in [4.78, 5) is 11.6. The molecule has 0 fully saturated rings. The lowest BCUT2D eigenvalue weighted by Crippen LogP contribution is -2.20. The normalized spacial score (nSPS) is 10.7. The number of nitrogens with one attached hydrogen (secondary N) is 1. The van der Waals surface area contributed by atoms with Crippen LogP contribution < -0.4 is 5.32 Å². The molecule has 0 radical (unpaired) electrons. The van der Waals surface area contributed by atoms with Crippen molar-refractivity contribution < 1.29 is 4.79 Å². The van der Waals surface area contributed by atoms with Gasteiger partial charge < -0.3 is 5.32 Å². The maximum absolute atomic E-state index is 11.6. The minimum atomic E-state index is -0.124. The summed E-state index contributed by atoms with van der Waals surface area (Å²) in [5.41, 5.74) is 1.95. The fourth-order valence-electron chi connectivity index (χ4n) is 1.42. The van der Waals surface area contributed by atoms with Crippen LogP contribution >= 0.6 is 22.9 Å². The van der Waals surface area contributed by atoms with Crippen molar-refractivity contribution in [3.63, 3.8) is 0 Å². The van der Waals surface area contributed by atoms with E-state index >= 15 is 0 Å². The average molecular weight is 278 g/mol. The molecule has 0 aliphatic carbocycles. The van der Waals surface area contributed by atoms with Crippen molar-refractivity contribution in [1.82, 2.24) is 5.32 Å². The van der Waals surface area contributed by atoms with E-state index in [-0.39, 0.29) is 5.91 Å². The van der Waals surface area contributed by atoms with Crippen LogP contribution in [-0.4, -0.2) is 5.91 Å². The van der Waals surface area contributed by atoms with Crippen LogP contribution in [-0.2, 0) is 11.3 Å². The molecule has 0 aliphatic heterocycles. The second kappa shape index (κ2) is 6.38. The van der Waals surface area contributed by atoms with E-state index in [1.54, 1.807) is 17.4 Å². The SMILES string of the molecule is O=C(/C=C/c1ccsc1)NCc1ccccc1Cl. The first-order valence-electron chi connectivity index (χ1n) is 5.47. The molecule has 2 rings (SSSR count). The number of hydrogen-bond acceptors (Lipinski definition) is 2. The van der Waals surface area contributed by atoms with Gasteiger partial charge in [-0.05, 0) is 40.1 Å². The largest absolute Gasteiger partial charge is 0.348 e. The highest BCUT2D eigenvalue weighted by atomic mass is 35.5. The Morgan fingerprint density at radius 1 is 1.33 bits per heavy atom. The average Bonchev–Trinajstić information content (AvgIpc) is 2.88. The van der Waals surface area contributed by atoms with Crippen LogP contribution in [0.1, 0.15) is 11.1 Å². The molecule has 0 saturated heterocycles. The monoisotopic (exact) mass is 277 g/mol. The molecule has 1 N–H and O–H groups in total. The third-order valence-corrected chi connectivity index (χ3v) is 3.45. The van der Waals surface area contributed by atoms with Crippen LogP contribution in [0.25, 0.3) is 6.08 Å². The summed E-state index contributed by atoms with van der Waals surface area (Å²) in [5.74, 6) is -0.124. The van der Waals surface area contributed by atoms with Crippen LogP contribution in [0.15, 0.2) is 47.2 Å². The molecule has 2 aromatic rings. The summed E-state index contributed by atoms with van der Waals surface area (Å²) in [6.45, 7) is 0.437. The van der Waals surface area contributed by atoms with Crippen molar-refractivity contribution in [1.29, 1.82) is 0 Å². The quantitative estimate of drug-likeness (QED) is 0.848. The maximum Gasteiger partial charge on any atom is 0.244 e. The van der Waals surface area contributed by atoms with Crippen molar-refractivity contribution in [2.75, 3.05) is 0 Å². The highest BCUT2D eigenvalue weighted by Crippen LogP contribution is 2.14. The standard InChI is InChI=1S/C14H12ClNOS/c15-13-4-2-1-3-12(13)9-16-14(17)6-5-11-7-8-18-10-11/h1-8,10H,9H2,(H,16,17)/b6-5+. The Kier molecular flexibility index (Phi) is 4.56. The van der Waals surface area contributed by atoms with Gasteiger partial charge in [-0.2, -0.15) is 11.3 Å². The highest BCUT2D eigenvalue weighted by Gasteiger charge is 2.00. The van der Waals surface area contributed by atoms with Gasteiger partial charge in [0.05, 0.1) is 0 Å². The molecular formula is C14H12ClNOS. The number of carbonyl (C=O) groups excluding carboxylic acids is 1. The second-order valence-corrected chi connectivity index (χ2v) is 4.89. The molecule has 92 valence electrons.